The van der Waals surface area contributed by atoms with Gasteiger partial charge in [-0.25, -0.2) is 9.78 Å². The molecule has 2 amide bonds. The average molecular weight is 468 g/mol. The van der Waals surface area contributed by atoms with Gasteiger partial charge >= 0.3 is 5.69 Å². The smallest absolute Gasteiger partial charge is 0.311 e. The molecule has 3 heterocycles. The molecule has 1 aliphatic heterocycles. The molecule has 33 heavy (non-hydrogen) atoms. The Morgan fingerprint density at radius 1 is 1.21 bits per heavy atom. The van der Waals surface area contributed by atoms with E-state index in [-0.39, 0.29) is 17.8 Å². The summed E-state index contributed by atoms with van der Waals surface area (Å²) < 4.78 is 2.40. The van der Waals surface area contributed by atoms with Crippen LogP contribution in [0.5, 0.6) is 0 Å². The minimum atomic E-state index is -0.969. The van der Waals surface area contributed by atoms with Crippen molar-refractivity contribution in [2.45, 2.75) is 45.6 Å². The van der Waals surface area contributed by atoms with Gasteiger partial charge in [0.1, 0.15) is 5.82 Å². The fourth-order valence-corrected chi connectivity index (χ4v) is 4.57. The summed E-state index contributed by atoms with van der Waals surface area (Å²) in [6, 6.07) is 7.90. The number of carbonyl (C=O) groups is 2. The normalized spacial score (nSPS) is 14.8. The van der Waals surface area contributed by atoms with E-state index in [9.17, 15) is 19.2 Å². The molecule has 0 saturated carbocycles. The van der Waals surface area contributed by atoms with E-state index in [1.165, 1.54) is 23.0 Å². The maximum absolute atomic E-state index is 12.8. The van der Waals surface area contributed by atoms with Crippen LogP contribution in [0.15, 0.2) is 39.2 Å². The lowest BCUT2D eigenvalue weighted by Gasteiger charge is -2.13. The Morgan fingerprint density at radius 3 is 2.64 bits per heavy atom. The van der Waals surface area contributed by atoms with E-state index in [1.807, 2.05) is 43.5 Å². The molecule has 1 aromatic carbocycles. The Balaban J connectivity index is 1.55. The van der Waals surface area contributed by atoms with E-state index in [2.05, 4.69) is 15.6 Å². The number of thiazole rings is 1. The van der Waals surface area contributed by atoms with Gasteiger partial charge in [0, 0.05) is 31.0 Å². The summed E-state index contributed by atoms with van der Waals surface area (Å²) >= 11 is 1.29. The summed E-state index contributed by atoms with van der Waals surface area (Å²) in [5.41, 5.74) is 1.94. The SMILES string of the molecule is CCCCn1c2c(c(=O)n(C)c1=O)C(CC(=O)Nc1nc(-c3ccc(C)cc3)cs1)C(=O)N2. The molecule has 2 N–H and O–H groups in total. The molecule has 9 nitrogen and oxygen atoms in total. The van der Waals surface area contributed by atoms with Crippen molar-refractivity contribution in [2.24, 2.45) is 7.05 Å². The molecule has 0 saturated heterocycles. The Hall–Kier alpha value is -3.53. The van der Waals surface area contributed by atoms with Crippen LogP contribution < -0.4 is 21.9 Å². The van der Waals surface area contributed by atoms with Gasteiger partial charge in [-0.15, -0.1) is 11.3 Å². The lowest BCUT2D eigenvalue weighted by molar-refractivity contribution is -0.122. The number of amides is 2. The molecule has 0 spiro atoms. The zero-order valence-electron chi connectivity index (χ0n) is 18.7. The van der Waals surface area contributed by atoms with Gasteiger partial charge in [-0.2, -0.15) is 0 Å². The van der Waals surface area contributed by atoms with Crippen LogP contribution in [-0.4, -0.2) is 25.9 Å². The molecule has 0 radical (unpaired) electrons. The van der Waals surface area contributed by atoms with Crippen LogP contribution in [0.1, 0.15) is 43.2 Å². The Bertz CT molecular complexity index is 1340. The van der Waals surface area contributed by atoms with Crippen molar-refractivity contribution >= 4 is 34.1 Å². The summed E-state index contributed by atoms with van der Waals surface area (Å²) in [5, 5.41) is 7.64. The number of unbranched alkanes of at least 4 members (excludes halogenated alkanes) is 1. The molecular formula is C23H25N5O4S. The van der Waals surface area contributed by atoms with Crippen LogP contribution in [0.4, 0.5) is 10.9 Å². The van der Waals surface area contributed by atoms with E-state index in [0.29, 0.717) is 11.7 Å². The Kier molecular flexibility index (Phi) is 6.28. The van der Waals surface area contributed by atoms with Crippen molar-refractivity contribution in [2.75, 3.05) is 10.6 Å². The highest BCUT2D eigenvalue weighted by molar-refractivity contribution is 7.14. The topological polar surface area (TPSA) is 115 Å². The van der Waals surface area contributed by atoms with Crippen LogP contribution in [0.3, 0.4) is 0 Å². The fourth-order valence-electron chi connectivity index (χ4n) is 3.84. The number of rotatable bonds is 7. The third-order valence-electron chi connectivity index (χ3n) is 5.71. The minimum Gasteiger partial charge on any atom is -0.311 e. The Morgan fingerprint density at radius 2 is 1.94 bits per heavy atom. The van der Waals surface area contributed by atoms with Gasteiger partial charge < -0.3 is 10.6 Å². The third-order valence-corrected chi connectivity index (χ3v) is 6.46. The second-order valence-electron chi connectivity index (χ2n) is 8.11. The second kappa shape index (κ2) is 9.14. The highest BCUT2D eigenvalue weighted by Crippen LogP contribution is 2.32. The van der Waals surface area contributed by atoms with Gasteiger partial charge in [-0.05, 0) is 13.3 Å². The molecule has 0 fully saturated rings. The first-order chi connectivity index (χ1) is 15.8. The standard InChI is InChI=1S/C23H25N5O4S/c1-4-5-10-28-19-18(21(31)27(3)23(28)32)15(20(30)26-19)11-17(29)25-22-24-16(12-33-22)14-8-6-13(2)7-9-14/h6-9,12,15H,4-5,10-11H2,1-3H3,(H,26,30)(H,24,25,29). The van der Waals surface area contributed by atoms with Crippen molar-refractivity contribution in [3.8, 4) is 11.3 Å². The quantitative estimate of drug-likeness (QED) is 0.554. The average Bonchev–Trinajstić information content (AvgIpc) is 3.37. The number of benzene rings is 1. The number of nitrogens with one attached hydrogen (secondary N) is 2. The first kappa shape index (κ1) is 22.7. The zero-order chi connectivity index (χ0) is 23.7. The van der Waals surface area contributed by atoms with Crippen LogP contribution in [0.2, 0.25) is 0 Å². The third kappa shape index (κ3) is 4.38. The number of aryl methyl sites for hydroxylation is 1. The Labute approximate surface area is 194 Å². The monoisotopic (exact) mass is 467 g/mol. The molecule has 1 unspecified atom stereocenters. The van der Waals surface area contributed by atoms with Gasteiger partial charge in [-0.1, -0.05) is 43.2 Å². The molecule has 1 aliphatic rings. The van der Waals surface area contributed by atoms with Crippen LogP contribution in [-0.2, 0) is 23.2 Å². The molecule has 0 bridgehead atoms. The van der Waals surface area contributed by atoms with Gasteiger partial charge in [-0.3, -0.25) is 23.5 Å². The van der Waals surface area contributed by atoms with Crippen molar-refractivity contribution in [1.29, 1.82) is 0 Å². The van der Waals surface area contributed by atoms with E-state index in [1.54, 1.807) is 0 Å². The predicted octanol–water partition coefficient (Wildman–Crippen LogP) is 2.84. The first-order valence-electron chi connectivity index (χ1n) is 10.8. The maximum Gasteiger partial charge on any atom is 0.332 e. The second-order valence-corrected chi connectivity index (χ2v) is 8.97. The number of hydrogen-bond acceptors (Lipinski definition) is 6. The van der Waals surface area contributed by atoms with Gasteiger partial charge in [0.25, 0.3) is 5.56 Å². The highest BCUT2D eigenvalue weighted by Gasteiger charge is 2.38. The molecule has 0 aliphatic carbocycles. The van der Waals surface area contributed by atoms with Gasteiger partial charge in [0.2, 0.25) is 11.8 Å². The van der Waals surface area contributed by atoms with E-state index in [4.69, 9.17) is 0 Å². The lowest BCUT2D eigenvalue weighted by atomic mass is 9.99. The minimum absolute atomic E-state index is 0.160. The number of aromatic nitrogens is 3. The number of fused-ring (bicyclic) bond motifs is 1. The number of nitrogens with zero attached hydrogens (tertiary/aromatic N) is 3. The van der Waals surface area contributed by atoms with E-state index in [0.717, 1.165) is 34.2 Å². The lowest BCUT2D eigenvalue weighted by Crippen LogP contribution is -2.40. The number of carbonyl (C=O) groups excluding carboxylic acids is 2. The number of hydrogen-bond donors (Lipinski definition) is 2. The van der Waals surface area contributed by atoms with Crippen molar-refractivity contribution in [3.63, 3.8) is 0 Å². The van der Waals surface area contributed by atoms with Crippen molar-refractivity contribution < 1.29 is 9.59 Å². The number of anilines is 2. The summed E-state index contributed by atoms with van der Waals surface area (Å²) in [6.07, 6.45) is 1.35. The molecule has 1 atom stereocenters. The summed E-state index contributed by atoms with van der Waals surface area (Å²) in [6.45, 7) is 4.37. The molecule has 3 aromatic rings. The zero-order valence-corrected chi connectivity index (χ0v) is 19.5. The molecular weight excluding hydrogens is 442 g/mol. The summed E-state index contributed by atoms with van der Waals surface area (Å²) in [4.78, 5) is 55.2. The van der Waals surface area contributed by atoms with E-state index >= 15 is 0 Å². The first-order valence-corrected chi connectivity index (χ1v) is 11.6. The highest BCUT2D eigenvalue weighted by atomic mass is 32.1. The maximum atomic E-state index is 12.8. The summed E-state index contributed by atoms with van der Waals surface area (Å²) in [5.74, 6) is -1.66. The molecule has 2 aromatic heterocycles. The van der Waals surface area contributed by atoms with Crippen LogP contribution in [0, 0.1) is 6.92 Å². The van der Waals surface area contributed by atoms with Crippen molar-refractivity contribution in [1.82, 2.24) is 14.1 Å². The van der Waals surface area contributed by atoms with Crippen LogP contribution >= 0.6 is 11.3 Å². The fraction of sp³-hybridized carbons (Fsp3) is 0.348. The molecule has 10 heteroatoms. The van der Waals surface area contributed by atoms with Crippen molar-refractivity contribution in [3.05, 3.63) is 61.6 Å². The molecule has 172 valence electrons. The van der Waals surface area contributed by atoms with E-state index < -0.39 is 29.0 Å². The predicted molar refractivity (Wildman–Crippen MR) is 128 cm³/mol. The summed E-state index contributed by atoms with van der Waals surface area (Å²) in [7, 11) is 1.38. The van der Waals surface area contributed by atoms with Gasteiger partial charge in [0.05, 0.1) is 17.2 Å². The molecule has 4 rings (SSSR count). The largest absolute Gasteiger partial charge is 0.332 e. The van der Waals surface area contributed by atoms with Crippen LogP contribution in [0.25, 0.3) is 11.3 Å². The van der Waals surface area contributed by atoms with Gasteiger partial charge in [0.15, 0.2) is 5.13 Å².